The molecule has 156 valence electrons. The van der Waals surface area contributed by atoms with Crippen molar-refractivity contribution in [2.45, 2.75) is 25.9 Å². The van der Waals surface area contributed by atoms with E-state index in [9.17, 15) is 0 Å². The summed E-state index contributed by atoms with van der Waals surface area (Å²) in [6.07, 6.45) is 1.83. The Morgan fingerprint density at radius 2 is 1.93 bits per heavy atom. The second kappa shape index (κ2) is 8.88. The Balaban J connectivity index is 1.81. The summed E-state index contributed by atoms with van der Waals surface area (Å²) in [5.41, 5.74) is 5.77. The number of aromatic nitrogens is 2. The number of methoxy groups -OCH3 is 1. The maximum Gasteiger partial charge on any atom is 0.170 e. The van der Waals surface area contributed by atoms with Gasteiger partial charge in [0, 0.05) is 41.4 Å². The zero-order valence-electron chi connectivity index (χ0n) is 17.3. The number of nitrogens with one attached hydrogen (secondary N) is 1. The first-order valence-electron chi connectivity index (χ1n) is 9.93. The lowest BCUT2D eigenvalue weighted by Crippen LogP contribution is -2.32. The molecule has 1 aliphatic rings. The minimum atomic E-state index is -0.0191. The van der Waals surface area contributed by atoms with E-state index in [1.165, 1.54) is 17.0 Å². The molecular formula is C23H25BrN4OS. The minimum absolute atomic E-state index is 0.0191. The second-order valence-electron chi connectivity index (χ2n) is 7.45. The van der Waals surface area contributed by atoms with Gasteiger partial charge in [-0.3, -0.25) is 4.98 Å². The highest BCUT2D eigenvalue weighted by Crippen LogP contribution is 2.41. The van der Waals surface area contributed by atoms with Crippen molar-refractivity contribution >= 4 is 33.3 Å². The van der Waals surface area contributed by atoms with Crippen LogP contribution in [-0.4, -0.2) is 39.8 Å². The predicted octanol–water partition coefficient (Wildman–Crippen LogP) is 4.87. The molecule has 0 aliphatic carbocycles. The molecule has 1 N–H and O–H groups in total. The molecule has 1 saturated heterocycles. The van der Waals surface area contributed by atoms with E-state index in [4.69, 9.17) is 17.0 Å². The molecule has 1 fully saturated rings. The number of ether oxygens (including phenoxy) is 1. The van der Waals surface area contributed by atoms with E-state index in [-0.39, 0.29) is 12.1 Å². The molecule has 1 aliphatic heterocycles. The molecule has 30 heavy (non-hydrogen) atoms. The highest BCUT2D eigenvalue weighted by atomic mass is 79.9. The van der Waals surface area contributed by atoms with Crippen molar-refractivity contribution in [2.24, 2.45) is 0 Å². The van der Waals surface area contributed by atoms with Crippen LogP contribution < -0.4 is 5.32 Å². The Labute approximate surface area is 191 Å². The second-order valence-corrected chi connectivity index (χ2v) is 8.75. The standard InChI is InChI=1S/C23H25BrN4OS/c1-15-14-19(16(2)28(15)18-9-7-17(24)8-10-18)22-21(20-6-4-5-11-25-20)26-23(30)27(22)12-13-29-3/h4-11,14,21-22H,12-13H2,1-3H3,(H,26,30)/t21-,22+/m0/s1. The van der Waals surface area contributed by atoms with Crippen LogP contribution in [0.25, 0.3) is 5.69 Å². The van der Waals surface area contributed by atoms with Crippen LogP contribution in [0.5, 0.6) is 0 Å². The summed E-state index contributed by atoms with van der Waals surface area (Å²) in [6.45, 7) is 5.65. The van der Waals surface area contributed by atoms with Gasteiger partial charge in [-0.2, -0.15) is 0 Å². The lowest BCUT2D eigenvalue weighted by Gasteiger charge is -2.28. The van der Waals surface area contributed by atoms with Crippen molar-refractivity contribution in [3.63, 3.8) is 0 Å². The fourth-order valence-electron chi connectivity index (χ4n) is 4.25. The molecule has 5 nitrogen and oxygen atoms in total. The van der Waals surface area contributed by atoms with Crippen LogP contribution >= 0.6 is 28.1 Å². The number of aryl methyl sites for hydroxylation is 1. The lowest BCUT2D eigenvalue weighted by atomic mass is 9.97. The molecule has 0 spiro atoms. The SMILES string of the molecule is COCCN1C(=S)N[C@@H](c2ccccn2)[C@H]1c1cc(C)n(-c2ccc(Br)cc2)c1C. The van der Waals surface area contributed by atoms with Crippen LogP contribution in [0.1, 0.15) is 34.7 Å². The van der Waals surface area contributed by atoms with Crippen molar-refractivity contribution in [2.75, 3.05) is 20.3 Å². The molecule has 0 bridgehead atoms. The maximum absolute atomic E-state index is 5.72. The van der Waals surface area contributed by atoms with Crippen molar-refractivity contribution in [3.8, 4) is 5.69 Å². The molecule has 2 atom stereocenters. The Morgan fingerprint density at radius 1 is 1.17 bits per heavy atom. The van der Waals surface area contributed by atoms with Crippen molar-refractivity contribution in [1.82, 2.24) is 19.8 Å². The normalized spacial score (nSPS) is 18.7. The summed E-state index contributed by atoms with van der Waals surface area (Å²) in [4.78, 5) is 6.85. The zero-order chi connectivity index (χ0) is 21.3. The van der Waals surface area contributed by atoms with E-state index in [1.807, 2.05) is 18.3 Å². The van der Waals surface area contributed by atoms with Crippen LogP contribution in [0.2, 0.25) is 0 Å². The van der Waals surface area contributed by atoms with E-state index < -0.39 is 0 Å². The Morgan fingerprint density at radius 3 is 2.60 bits per heavy atom. The van der Waals surface area contributed by atoms with Crippen LogP contribution in [0.4, 0.5) is 0 Å². The first-order chi connectivity index (χ1) is 14.5. The topological polar surface area (TPSA) is 42.3 Å². The van der Waals surface area contributed by atoms with Gasteiger partial charge in [0.05, 0.1) is 24.4 Å². The van der Waals surface area contributed by atoms with Gasteiger partial charge in [-0.1, -0.05) is 22.0 Å². The Hall–Kier alpha value is -2.22. The third kappa shape index (κ3) is 3.89. The first-order valence-corrected chi connectivity index (χ1v) is 11.1. The number of benzene rings is 1. The van der Waals surface area contributed by atoms with Crippen LogP contribution in [0.3, 0.4) is 0 Å². The van der Waals surface area contributed by atoms with Gasteiger partial charge in [0.2, 0.25) is 0 Å². The fraction of sp³-hybridized carbons (Fsp3) is 0.304. The van der Waals surface area contributed by atoms with Crippen molar-refractivity contribution in [1.29, 1.82) is 0 Å². The minimum Gasteiger partial charge on any atom is -0.383 e. The quantitative estimate of drug-likeness (QED) is 0.505. The van der Waals surface area contributed by atoms with Crippen LogP contribution in [0, 0.1) is 13.8 Å². The van der Waals surface area contributed by atoms with Gasteiger partial charge < -0.3 is 19.5 Å². The van der Waals surface area contributed by atoms with E-state index in [1.54, 1.807) is 7.11 Å². The number of thiocarbonyl (C=S) groups is 1. The number of hydrogen-bond donors (Lipinski definition) is 1. The molecule has 0 saturated carbocycles. The van der Waals surface area contributed by atoms with Gasteiger partial charge in [0.15, 0.2) is 5.11 Å². The number of nitrogens with zero attached hydrogens (tertiary/aromatic N) is 3. The average molecular weight is 485 g/mol. The smallest absolute Gasteiger partial charge is 0.170 e. The van der Waals surface area contributed by atoms with Gasteiger partial charge in [-0.05, 0) is 74.1 Å². The first kappa shape index (κ1) is 21.0. The third-order valence-electron chi connectivity index (χ3n) is 5.61. The number of pyridine rings is 1. The van der Waals surface area contributed by atoms with Crippen molar-refractivity contribution in [3.05, 3.63) is 81.8 Å². The molecule has 3 aromatic rings. The van der Waals surface area contributed by atoms with Crippen LogP contribution in [-0.2, 0) is 4.74 Å². The van der Waals surface area contributed by atoms with Gasteiger partial charge >= 0.3 is 0 Å². The Bertz CT molecular complexity index is 1040. The Kier molecular flexibility index (Phi) is 6.22. The molecule has 2 aromatic heterocycles. The molecule has 0 radical (unpaired) electrons. The summed E-state index contributed by atoms with van der Waals surface area (Å²) >= 11 is 9.25. The number of hydrogen-bond acceptors (Lipinski definition) is 3. The fourth-order valence-corrected chi connectivity index (χ4v) is 4.85. The summed E-state index contributed by atoms with van der Waals surface area (Å²) in [5, 5.41) is 4.24. The third-order valence-corrected chi connectivity index (χ3v) is 6.49. The van der Waals surface area contributed by atoms with Gasteiger partial charge in [-0.25, -0.2) is 0 Å². The molecule has 4 rings (SSSR count). The van der Waals surface area contributed by atoms with E-state index in [2.05, 4.69) is 85.9 Å². The summed E-state index contributed by atoms with van der Waals surface area (Å²) in [5.74, 6) is 0. The molecule has 0 unspecified atom stereocenters. The van der Waals surface area contributed by atoms with Crippen molar-refractivity contribution < 1.29 is 4.74 Å². The van der Waals surface area contributed by atoms with E-state index in [0.717, 1.165) is 27.5 Å². The zero-order valence-corrected chi connectivity index (χ0v) is 19.7. The number of rotatable bonds is 6. The predicted molar refractivity (Wildman–Crippen MR) is 127 cm³/mol. The highest BCUT2D eigenvalue weighted by molar-refractivity contribution is 9.10. The molecule has 1 aromatic carbocycles. The summed E-state index contributed by atoms with van der Waals surface area (Å²) < 4.78 is 8.73. The lowest BCUT2D eigenvalue weighted by molar-refractivity contribution is 0.164. The van der Waals surface area contributed by atoms with Gasteiger partial charge in [0.25, 0.3) is 0 Å². The average Bonchev–Trinajstić information content (AvgIpc) is 3.23. The molecule has 0 amide bonds. The van der Waals surface area contributed by atoms with Gasteiger partial charge in [-0.15, -0.1) is 0 Å². The van der Waals surface area contributed by atoms with E-state index in [0.29, 0.717) is 6.61 Å². The summed E-state index contributed by atoms with van der Waals surface area (Å²) in [6, 6.07) is 16.7. The summed E-state index contributed by atoms with van der Waals surface area (Å²) in [7, 11) is 1.72. The van der Waals surface area contributed by atoms with E-state index >= 15 is 0 Å². The molecular weight excluding hydrogens is 460 g/mol. The monoisotopic (exact) mass is 484 g/mol. The van der Waals surface area contributed by atoms with Gasteiger partial charge in [0.1, 0.15) is 0 Å². The van der Waals surface area contributed by atoms with Crippen LogP contribution in [0.15, 0.2) is 59.2 Å². The highest BCUT2D eigenvalue weighted by Gasteiger charge is 2.41. The molecule has 3 heterocycles. The number of halogens is 1. The molecule has 7 heteroatoms. The maximum atomic E-state index is 5.72. The largest absolute Gasteiger partial charge is 0.383 e.